The smallest absolute Gasteiger partial charge is 0.328 e. The topological polar surface area (TPSA) is 75.3 Å². The largest absolute Gasteiger partial charge is 0.337 e. The van der Waals surface area contributed by atoms with Crippen molar-refractivity contribution < 1.29 is 13.2 Å². The van der Waals surface area contributed by atoms with Gasteiger partial charge in [-0.2, -0.15) is 0 Å². The summed E-state index contributed by atoms with van der Waals surface area (Å²) in [6, 6.07) is 12.5. The first kappa shape index (κ1) is 17.6. The zero-order valence-corrected chi connectivity index (χ0v) is 14.3. The minimum Gasteiger partial charge on any atom is -0.337 e. The fraction of sp³-hybridized carbons (Fsp3) is 0.133. The number of urea groups is 1. The van der Waals surface area contributed by atoms with Gasteiger partial charge in [0.15, 0.2) is 0 Å². The van der Waals surface area contributed by atoms with E-state index in [1.54, 1.807) is 0 Å². The molecule has 0 saturated carbocycles. The summed E-state index contributed by atoms with van der Waals surface area (Å²) >= 11 is 11.5. The molecule has 0 aliphatic rings. The predicted molar refractivity (Wildman–Crippen MR) is 90.3 cm³/mol. The van der Waals surface area contributed by atoms with Crippen LogP contribution in [0.3, 0.4) is 0 Å². The van der Waals surface area contributed by atoms with E-state index in [9.17, 15) is 13.2 Å². The van der Waals surface area contributed by atoms with Gasteiger partial charge >= 0.3 is 6.03 Å². The zero-order chi connectivity index (χ0) is 16.9. The fourth-order valence-electron chi connectivity index (χ4n) is 1.83. The lowest BCUT2D eigenvalue weighted by molar-refractivity contribution is 0.246. The molecule has 2 N–H and O–H groups in total. The van der Waals surface area contributed by atoms with E-state index in [1.807, 2.05) is 35.1 Å². The van der Waals surface area contributed by atoms with Crippen molar-refractivity contribution >= 4 is 39.3 Å². The Labute approximate surface area is 144 Å². The Balaban J connectivity index is 1.92. The van der Waals surface area contributed by atoms with E-state index >= 15 is 0 Å². The molecular formula is C15H14Cl2N2O3S. The van der Waals surface area contributed by atoms with Gasteiger partial charge in [-0.05, 0) is 30.2 Å². The van der Waals surface area contributed by atoms with E-state index in [1.165, 1.54) is 18.2 Å². The maximum Gasteiger partial charge on any atom is 0.328 e. The molecule has 0 heterocycles. The predicted octanol–water partition coefficient (Wildman–Crippen LogP) is 3.22. The third-order valence-corrected chi connectivity index (χ3v) is 5.04. The highest BCUT2D eigenvalue weighted by atomic mass is 35.5. The number of amides is 2. The van der Waals surface area contributed by atoms with Gasteiger partial charge in [0.25, 0.3) is 10.0 Å². The van der Waals surface area contributed by atoms with Crippen molar-refractivity contribution in [1.29, 1.82) is 0 Å². The van der Waals surface area contributed by atoms with Crippen molar-refractivity contribution in [2.24, 2.45) is 0 Å². The summed E-state index contributed by atoms with van der Waals surface area (Å²) in [5.41, 5.74) is 1.04. The Hall–Kier alpha value is -1.76. The second-order valence-electron chi connectivity index (χ2n) is 4.67. The summed E-state index contributed by atoms with van der Waals surface area (Å²) in [4.78, 5) is 11.6. The lowest BCUT2D eigenvalue weighted by Gasteiger charge is -2.09. The van der Waals surface area contributed by atoms with Crippen molar-refractivity contribution in [3.63, 3.8) is 0 Å². The van der Waals surface area contributed by atoms with E-state index in [2.05, 4.69) is 5.32 Å². The second-order valence-corrected chi connectivity index (χ2v) is 7.17. The number of nitrogens with one attached hydrogen (secondary N) is 2. The Morgan fingerprint density at radius 2 is 1.70 bits per heavy atom. The van der Waals surface area contributed by atoms with Crippen molar-refractivity contribution in [2.75, 3.05) is 6.54 Å². The molecule has 0 aliphatic carbocycles. The standard InChI is InChI=1S/C15H14Cl2N2O3S/c16-13-7-6-12(10-14(13)17)23(21,22)19-15(20)18-9-8-11-4-2-1-3-5-11/h1-7,10H,8-9H2,(H2,18,19,20). The molecule has 0 atom stereocenters. The molecule has 0 unspecified atom stereocenters. The molecular weight excluding hydrogens is 359 g/mol. The first-order valence-corrected chi connectivity index (χ1v) is 8.92. The molecule has 0 aliphatic heterocycles. The second kappa shape index (κ2) is 7.68. The summed E-state index contributed by atoms with van der Waals surface area (Å²) in [5, 5.41) is 2.83. The summed E-state index contributed by atoms with van der Waals surface area (Å²) in [7, 11) is -4.00. The quantitative estimate of drug-likeness (QED) is 0.845. The fourth-order valence-corrected chi connectivity index (χ4v) is 3.14. The lowest BCUT2D eigenvalue weighted by atomic mass is 10.1. The van der Waals surface area contributed by atoms with Crippen LogP contribution in [-0.4, -0.2) is 21.0 Å². The van der Waals surface area contributed by atoms with Crippen molar-refractivity contribution in [2.45, 2.75) is 11.3 Å². The molecule has 2 aromatic carbocycles. The Morgan fingerprint density at radius 3 is 2.35 bits per heavy atom. The van der Waals surface area contributed by atoms with E-state index in [0.717, 1.165) is 5.56 Å². The van der Waals surface area contributed by atoms with Crippen molar-refractivity contribution in [3.05, 3.63) is 64.1 Å². The molecule has 0 radical (unpaired) electrons. The molecule has 122 valence electrons. The van der Waals surface area contributed by atoms with Crippen LogP contribution in [0.15, 0.2) is 53.4 Å². The number of carbonyl (C=O) groups is 1. The Kier molecular flexibility index (Phi) is 5.87. The highest BCUT2D eigenvalue weighted by Gasteiger charge is 2.18. The Bertz CT molecular complexity index is 796. The Morgan fingerprint density at radius 1 is 1.00 bits per heavy atom. The number of sulfonamides is 1. The van der Waals surface area contributed by atoms with E-state index < -0.39 is 16.1 Å². The van der Waals surface area contributed by atoms with E-state index in [4.69, 9.17) is 23.2 Å². The summed E-state index contributed by atoms with van der Waals surface area (Å²) in [6.45, 7) is 0.312. The van der Waals surface area contributed by atoms with Gasteiger partial charge in [-0.1, -0.05) is 53.5 Å². The van der Waals surface area contributed by atoms with Gasteiger partial charge in [-0.3, -0.25) is 0 Å². The van der Waals surface area contributed by atoms with Crippen LogP contribution in [0.25, 0.3) is 0 Å². The molecule has 0 saturated heterocycles. The van der Waals surface area contributed by atoms with Crippen LogP contribution in [-0.2, 0) is 16.4 Å². The third-order valence-electron chi connectivity index (χ3n) is 2.97. The molecule has 0 bridgehead atoms. The van der Waals surface area contributed by atoms with Crippen LogP contribution in [0.4, 0.5) is 4.79 Å². The summed E-state index contributed by atoms with van der Waals surface area (Å²) in [5.74, 6) is 0. The van der Waals surface area contributed by atoms with Gasteiger partial charge in [0, 0.05) is 6.54 Å². The number of rotatable bonds is 5. The van der Waals surface area contributed by atoms with Crippen LogP contribution >= 0.6 is 23.2 Å². The normalized spacial score (nSPS) is 11.0. The van der Waals surface area contributed by atoms with Crippen molar-refractivity contribution in [1.82, 2.24) is 10.0 Å². The van der Waals surface area contributed by atoms with Gasteiger partial charge in [0.05, 0.1) is 14.9 Å². The number of hydrogen-bond acceptors (Lipinski definition) is 3. The van der Waals surface area contributed by atoms with E-state index in [-0.39, 0.29) is 14.9 Å². The molecule has 2 amide bonds. The summed E-state index contributed by atoms with van der Waals surface area (Å²) in [6.07, 6.45) is 0.598. The number of hydrogen-bond donors (Lipinski definition) is 2. The van der Waals surface area contributed by atoms with Crippen molar-refractivity contribution in [3.8, 4) is 0 Å². The van der Waals surface area contributed by atoms with Crippen LogP contribution in [0.1, 0.15) is 5.56 Å². The number of halogens is 2. The zero-order valence-electron chi connectivity index (χ0n) is 11.9. The molecule has 2 rings (SSSR count). The van der Waals surface area contributed by atoms with Crippen LogP contribution in [0.2, 0.25) is 10.0 Å². The lowest BCUT2D eigenvalue weighted by Crippen LogP contribution is -2.40. The third kappa shape index (κ3) is 5.13. The van der Waals surface area contributed by atoms with Crippen LogP contribution in [0, 0.1) is 0 Å². The monoisotopic (exact) mass is 372 g/mol. The molecule has 2 aromatic rings. The van der Waals surface area contributed by atoms with Gasteiger partial charge < -0.3 is 5.32 Å². The van der Waals surface area contributed by atoms with Gasteiger partial charge in [-0.25, -0.2) is 17.9 Å². The molecule has 0 spiro atoms. The maximum atomic E-state index is 12.1. The average Bonchev–Trinajstić information content (AvgIpc) is 2.50. The van der Waals surface area contributed by atoms with Crippen LogP contribution < -0.4 is 10.0 Å². The maximum absolute atomic E-state index is 12.1. The molecule has 8 heteroatoms. The SMILES string of the molecule is O=C(NCCc1ccccc1)NS(=O)(=O)c1ccc(Cl)c(Cl)c1. The molecule has 0 fully saturated rings. The van der Waals surface area contributed by atoms with Gasteiger partial charge in [0.2, 0.25) is 0 Å². The van der Waals surface area contributed by atoms with Gasteiger partial charge in [0.1, 0.15) is 0 Å². The first-order chi connectivity index (χ1) is 10.9. The molecule has 23 heavy (non-hydrogen) atoms. The number of carbonyl (C=O) groups excluding carboxylic acids is 1. The molecule has 5 nitrogen and oxygen atoms in total. The average molecular weight is 373 g/mol. The van der Waals surface area contributed by atoms with E-state index in [0.29, 0.717) is 13.0 Å². The minimum atomic E-state index is -4.00. The highest BCUT2D eigenvalue weighted by molar-refractivity contribution is 7.90. The van der Waals surface area contributed by atoms with Gasteiger partial charge in [-0.15, -0.1) is 0 Å². The summed E-state index contributed by atoms with van der Waals surface area (Å²) < 4.78 is 26.1. The number of benzene rings is 2. The first-order valence-electron chi connectivity index (χ1n) is 6.68. The minimum absolute atomic E-state index is 0.0963. The highest BCUT2D eigenvalue weighted by Crippen LogP contribution is 2.24. The van der Waals surface area contributed by atoms with Crippen LogP contribution in [0.5, 0.6) is 0 Å². The molecule has 0 aromatic heterocycles.